The van der Waals surface area contributed by atoms with Crippen molar-refractivity contribution in [3.05, 3.63) is 65.2 Å². The molecule has 0 atom stereocenters. The van der Waals surface area contributed by atoms with Gasteiger partial charge in [0, 0.05) is 18.5 Å². The molecule has 0 aliphatic rings. The first kappa shape index (κ1) is 20.8. The summed E-state index contributed by atoms with van der Waals surface area (Å²) in [4.78, 5) is 23.1. The summed E-state index contributed by atoms with van der Waals surface area (Å²) in [5.74, 6) is -0.502. The van der Waals surface area contributed by atoms with E-state index >= 15 is 0 Å². The van der Waals surface area contributed by atoms with Crippen LogP contribution in [0.3, 0.4) is 0 Å². The molecule has 0 amide bonds. The number of carbonyl (C=O) groups is 2. The molecule has 0 aromatic heterocycles. The number of ether oxygens (including phenoxy) is 1. The van der Waals surface area contributed by atoms with Gasteiger partial charge in [-0.15, -0.1) is 0 Å². The van der Waals surface area contributed by atoms with E-state index in [1.165, 1.54) is 31.2 Å². The third-order valence-electron chi connectivity index (χ3n) is 3.90. The van der Waals surface area contributed by atoms with E-state index in [1.807, 2.05) is 31.2 Å². The molecule has 2 aromatic rings. The predicted molar refractivity (Wildman–Crippen MR) is 102 cm³/mol. The second-order valence-electron chi connectivity index (χ2n) is 6.23. The standard InChI is InChI=1S/C20H23NO5S/c1-15-5-3-6-17(13-15)14-26-20(23)7-4-12-21-27(24,25)19-10-8-18(9-11-19)16(2)22/h3,5-6,8-11,13,21H,4,7,12,14H2,1-2H3. The highest BCUT2D eigenvalue weighted by molar-refractivity contribution is 7.89. The lowest BCUT2D eigenvalue weighted by Gasteiger charge is -2.08. The first-order valence-corrected chi connectivity index (χ1v) is 10.1. The average Bonchev–Trinajstić information content (AvgIpc) is 2.64. The Hall–Kier alpha value is -2.51. The zero-order valence-corrected chi connectivity index (χ0v) is 16.2. The molecular weight excluding hydrogens is 366 g/mol. The number of Topliss-reactive ketones (excluding diaryl/α,β-unsaturated/α-hetero) is 1. The summed E-state index contributed by atoms with van der Waals surface area (Å²) in [7, 11) is -3.67. The van der Waals surface area contributed by atoms with Crippen LogP contribution in [0.5, 0.6) is 0 Å². The van der Waals surface area contributed by atoms with Gasteiger partial charge >= 0.3 is 5.97 Å². The summed E-state index contributed by atoms with van der Waals surface area (Å²) in [6, 6.07) is 13.4. The third-order valence-corrected chi connectivity index (χ3v) is 5.38. The summed E-state index contributed by atoms with van der Waals surface area (Å²) in [5.41, 5.74) is 2.46. The molecule has 0 bridgehead atoms. The van der Waals surface area contributed by atoms with Gasteiger partial charge in [-0.05, 0) is 38.0 Å². The quantitative estimate of drug-likeness (QED) is 0.405. The van der Waals surface area contributed by atoms with Crippen LogP contribution in [0.1, 0.15) is 41.3 Å². The van der Waals surface area contributed by atoms with Crippen molar-refractivity contribution in [1.82, 2.24) is 4.72 Å². The molecular formula is C20H23NO5S. The molecule has 0 fully saturated rings. The van der Waals surface area contributed by atoms with Gasteiger partial charge in [0.15, 0.2) is 5.78 Å². The molecule has 0 saturated heterocycles. The van der Waals surface area contributed by atoms with Crippen molar-refractivity contribution in [2.45, 2.75) is 38.2 Å². The van der Waals surface area contributed by atoms with E-state index in [1.54, 1.807) is 0 Å². The van der Waals surface area contributed by atoms with Crippen LogP contribution in [0.2, 0.25) is 0 Å². The van der Waals surface area contributed by atoms with Crippen molar-refractivity contribution in [2.24, 2.45) is 0 Å². The van der Waals surface area contributed by atoms with E-state index in [-0.39, 0.29) is 36.2 Å². The summed E-state index contributed by atoms with van der Waals surface area (Å²) in [5, 5.41) is 0. The third kappa shape index (κ3) is 6.62. The Labute approximate surface area is 159 Å². The molecule has 2 aromatic carbocycles. The van der Waals surface area contributed by atoms with Crippen molar-refractivity contribution in [2.75, 3.05) is 6.54 Å². The van der Waals surface area contributed by atoms with Gasteiger partial charge in [0.1, 0.15) is 6.61 Å². The minimum atomic E-state index is -3.67. The lowest BCUT2D eigenvalue weighted by atomic mass is 10.1. The van der Waals surface area contributed by atoms with Crippen LogP contribution in [-0.4, -0.2) is 26.7 Å². The number of nitrogens with one attached hydrogen (secondary N) is 1. The Kier molecular flexibility index (Phi) is 7.27. The minimum absolute atomic E-state index is 0.0783. The molecule has 0 aliphatic heterocycles. The van der Waals surface area contributed by atoms with Crippen LogP contribution in [-0.2, 0) is 26.2 Å². The van der Waals surface area contributed by atoms with Gasteiger partial charge in [0.2, 0.25) is 10.0 Å². The molecule has 0 unspecified atom stereocenters. The maximum atomic E-state index is 12.2. The fourth-order valence-corrected chi connectivity index (χ4v) is 3.50. The molecule has 0 heterocycles. The molecule has 27 heavy (non-hydrogen) atoms. The first-order valence-electron chi connectivity index (χ1n) is 8.60. The van der Waals surface area contributed by atoms with Crippen LogP contribution < -0.4 is 4.72 Å². The zero-order chi connectivity index (χ0) is 19.9. The smallest absolute Gasteiger partial charge is 0.306 e. The van der Waals surface area contributed by atoms with Gasteiger partial charge < -0.3 is 4.74 Å². The van der Waals surface area contributed by atoms with Crippen LogP contribution in [0, 0.1) is 6.92 Å². The first-order chi connectivity index (χ1) is 12.8. The number of rotatable bonds is 9. The number of hydrogen-bond donors (Lipinski definition) is 1. The second-order valence-corrected chi connectivity index (χ2v) is 8.00. The molecule has 0 spiro atoms. The number of benzene rings is 2. The monoisotopic (exact) mass is 389 g/mol. The Bertz CT molecular complexity index is 904. The van der Waals surface area contributed by atoms with Gasteiger partial charge in [0.25, 0.3) is 0 Å². The Morgan fingerprint density at radius 3 is 2.41 bits per heavy atom. The van der Waals surface area contributed by atoms with Crippen molar-refractivity contribution < 1.29 is 22.7 Å². The highest BCUT2D eigenvalue weighted by Gasteiger charge is 2.14. The highest BCUT2D eigenvalue weighted by atomic mass is 32.2. The molecule has 0 aliphatic carbocycles. The maximum Gasteiger partial charge on any atom is 0.306 e. The van der Waals surface area contributed by atoms with E-state index in [4.69, 9.17) is 4.74 Å². The van der Waals surface area contributed by atoms with E-state index in [0.717, 1.165) is 11.1 Å². The largest absolute Gasteiger partial charge is 0.461 e. The summed E-state index contributed by atoms with van der Waals surface area (Å²) in [6.07, 6.45) is 0.453. The number of carbonyl (C=O) groups excluding carboxylic acids is 2. The fourth-order valence-electron chi connectivity index (χ4n) is 2.43. The number of sulfonamides is 1. The molecule has 2 rings (SSSR count). The number of hydrogen-bond acceptors (Lipinski definition) is 5. The van der Waals surface area contributed by atoms with Crippen LogP contribution in [0.25, 0.3) is 0 Å². The van der Waals surface area contributed by atoms with Gasteiger partial charge in [-0.1, -0.05) is 42.0 Å². The van der Waals surface area contributed by atoms with Crippen molar-refractivity contribution in [3.8, 4) is 0 Å². The minimum Gasteiger partial charge on any atom is -0.461 e. The highest BCUT2D eigenvalue weighted by Crippen LogP contribution is 2.11. The van der Waals surface area contributed by atoms with E-state index in [2.05, 4.69) is 4.72 Å². The van der Waals surface area contributed by atoms with Crippen molar-refractivity contribution in [1.29, 1.82) is 0 Å². The summed E-state index contributed by atoms with van der Waals surface area (Å²) >= 11 is 0. The molecule has 0 radical (unpaired) electrons. The fraction of sp³-hybridized carbons (Fsp3) is 0.300. The predicted octanol–water partition coefficient (Wildman–Crippen LogP) is 3.00. The summed E-state index contributed by atoms with van der Waals surface area (Å²) in [6.45, 7) is 3.70. The van der Waals surface area contributed by atoms with Crippen LogP contribution in [0.4, 0.5) is 0 Å². The Morgan fingerprint density at radius 1 is 1.07 bits per heavy atom. The molecule has 144 valence electrons. The summed E-state index contributed by atoms with van der Waals surface area (Å²) < 4.78 is 32.0. The Morgan fingerprint density at radius 2 is 1.78 bits per heavy atom. The molecule has 0 saturated carbocycles. The SMILES string of the molecule is CC(=O)c1ccc(S(=O)(=O)NCCCC(=O)OCc2cccc(C)c2)cc1. The normalized spacial score (nSPS) is 11.2. The average molecular weight is 389 g/mol. The molecule has 6 nitrogen and oxygen atoms in total. The lowest BCUT2D eigenvalue weighted by molar-refractivity contribution is -0.145. The van der Waals surface area contributed by atoms with E-state index in [9.17, 15) is 18.0 Å². The number of ketones is 1. The van der Waals surface area contributed by atoms with Crippen LogP contribution in [0.15, 0.2) is 53.4 Å². The Balaban J connectivity index is 1.74. The van der Waals surface area contributed by atoms with Crippen molar-refractivity contribution in [3.63, 3.8) is 0 Å². The lowest BCUT2D eigenvalue weighted by Crippen LogP contribution is -2.25. The topological polar surface area (TPSA) is 89.5 Å². The van der Waals surface area contributed by atoms with E-state index < -0.39 is 10.0 Å². The molecule has 1 N–H and O–H groups in total. The maximum absolute atomic E-state index is 12.2. The second kappa shape index (κ2) is 9.43. The number of aryl methyl sites for hydroxylation is 1. The van der Waals surface area contributed by atoms with Crippen LogP contribution >= 0.6 is 0 Å². The number of esters is 1. The van der Waals surface area contributed by atoms with Gasteiger partial charge in [-0.3, -0.25) is 9.59 Å². The molecule has 7 heteroatoms. The van der Waals surface area contributed by atoms with E-state index in [0.29, 0.717) is 12.0 Å². The van der Waals surface area contributed by atoms with Crippen molar-refractivity contribution >= 4 is 21.8 Å². The van der Waals surface area contributed by atoms with Gasteiger partial charge in [-0.2, -0.15) is 0 Å². The van der Waals surface area contributed by atoms with Gasteiger partial charge in [-0.25, -0.2) is 13.1 Å². The zero-order valence-electron chi connectivity index (χ0n) is 15.4. The van der Waals surface area contributed by atoms with Gasteiger partial charge in [0.05, 0.1) is 4.90 Å².